The molecule has 114 valence electrons. The molecule has 0 spiro atoms. The van der Waals surface area contributed by atoms with Gasteiger partial charge in [-0.25, -0.2) is 9.78 Å². The molecule has 2 amide bonds. The van der Waals surface area contributed by atoms with Gasteiger partial charge in [0.2, 0.25) is 5.88 Å². The Kier molecular flexibility index (Phi) is 4.09. The van der Waals surface area contributed by atoms with Gasteiger partial charge in [-0.2, -0.15) is 0 Å². The van der Waals surface area contributed by atoms with E-state index >= 15 is 0 Å². The molecule has 0 unspecified atom stereocenters. The van der Waals surface area contributed by atoms with E-state index in [1.165, 1.54) is 0 Å². The molecule has 1 fully saturated rings. The lowest BCUT2D eigenvalue weighted by molar-refractivity contribution is 0.0461. The summed E-state index contributed by atoms with van der Waals surface area (Å²) in [5, 5.41) is 2.84. The van der Waals surface area contributed by atoms with Crippen LogP contribution in [0, 0.1) is 0 Å². The number of nitrogens with one attached hydrogen (secondary N) is 1. The molecule has 6 heteroatoms. The second-order valence-electron chi connectivity index (χ2n) is 4.97. The van der Waals surface area contributed by atoms with Gasteiger partial charge in [0.05, 0.1) is 20.2 Å². The first-order chi connectivity index (χ1) is 10.7. The van der Waals surface area contributed by atoms with Crippen molar-refractivity contribution >= 4 is 11.7 Å². The van der Waals surface area contributed by atoms with E-state index in [1.54, 1.807) is 48.5 Å². The van der Waals surface area contributed by atoms with Crippen LogP contribution in [0.1, 0.15) is 0 Å². The molecule has 1 aromatic carbocycles. The van der Waals surface area contributed by atoms with Gasteiger partial charge in [0, 0.05) is 18.0 Å². The number of aromatic nitrogens is 1. The zero-order chi connectivity index (χ0) is 15.4. The predicted octanol–water partition coefficient (Wildman–Crippen LogP) is 2.39. The van der Waals surface area contributed by atoms with E-state index in [1.807, 2.05) is 12.1 Å². The molecule has 0 bridgehead atoms. The predicted molar refractivity (Wildman–Crippen MR) is 82.2 cm³/mol. The van der Waals surface area contributed by atoms with Gasteiger partial charge < -0.3 is 19.7 Å². The van der Waals surface area contributed by atoms with Crippen molar-refractivity contribution in [1.29, 1.82) is 0 Å². The largest absolute Gasteiger partial charge is 0.497 e. The summed E-state index contributed by atoms with van der Waals surface area (Å²) in [4.78, 5) is 17.9. The smallest absolute Gasteiger partial charge is 0.322 e. The van der Waals surface area contributed by atoms with Crippen LogP contribution in [0.15, 0.2) is 48.7 Å². The van der Waals surface area contributed by atoms with Crippen LogP contribution in [0.5, 0.6) is 11.6 Å². The summed E-state index contributed by atoms with van der Waals surface area (Å²) >= 11 is 0. The maximum atomic E-state index is 12.1. The number of carbonyl (C=O) groups excluding carboxylic acids is 1. The number of hydrogen-bond acceptors (Lipinski definition) is 4. The molecule has 6 nitrogen and oxygen atoms in total. The van der Waals surface area contributed by atoms with E-state index in [-0.39, 0.29) is 12.1 Å². The van der Waals surface area contributed by atoms with Crippen molar-refractivity contribution in [3.8, 4) is 11.6 Å². The SMILES string of the molecule is COc1ccc(NC(=O)N2CC(Oc3ccccn3)C2)cc1. The summed E-state index contributed by atoms with van der Waals surface area (Å²) in [5.41, 5.74) is 0.736. The first kappa shape index (κ1) is 14.2. The van der Waals surface area contributed by atoms with Crippen LogP contribution >= 0.6 is 0 Å². The van der Waals surface area contributed by atoms with E-state index in [0.717, 1.165) is 11.4 Å². The van der Waals surface area contributed by atoms with Crippen molar-refractivity contribution in [2.24, 2.45) is 0 Å². The molecule has 0 radical (unpaired) electrons. The topological polar surface area (TPSA) is 63.7 Å². The Morgan fingerprint density at radius 1 is 1.23 bits per heavy atom. The highest BCUT2D eigenvalue weighted by Crippen LogP contribution is 2.19. The summed E-state index contributed by atoms with van der Waals surface area (Å²) in [6, 6.07) is 12.6. The van der Waals surface area contributed by atoms with Crippen molar-refractivity contribution in [3.05, 3.63) is 48.7 Å². The maximum Gasteiger partial charge on any atom is 0.322 e. The van der Waals surface area contributed by atoms with Crippen LogP contribution in [0.25, 0.3) is 0 Å². The van der Waals surface area contributed by atoms with E-state index < -0.39 is 0 Å². The van der Waals surface area contributed by atoms with Gasteiger partial charge in [-0.3, -0.25) is 0 Å². The Morgan fingerprint density at radius 2 is 2.00 bits per heavy atom. The molecule has 2 heterocycles. The lowest BCUT2D eigenvalue weighted by Gasteiger charge is -2.38. The molecule has 2 aromatic rings. The minimum atomic E-state index is -0.133. The second kappa shape index (κ2) is 6.34. The zero-order valence-corrected chi connectivity index (χ0v) is 12.2. The van der Waals surface area contributed by atoms with Gasteiger partial charge >= 0.3 is 6.03 Å². The monoisotopic (exact) mass is 299 g/mol. The molecule has 1 saturated heterocycles. The van der Waals surface area contributed by atoms with Crippen LogP contribution in [0.2, 0.25) is 0 Å². The fourth-order valence-electron chi connectivity index (χ4n) is 2.14. The van der Waals surface area contributed by atoms with Crippen LogP contribution < -0.4 is 14.8 Å². The maximum absolute atomic E-state index is 12.1. The summed E-state index contributed by atoms with van der Waals surface area (Å²) in [6.45, 7) is 1.11. The van der Waals surface area contributed by atoms with Crippen molar-refractivity contribution in [2.75, 3.05) is 25.5 Å². The van der Waals surface area contributed by atoms with Gasteiger partial charge in [-0.05, 0) is 30.3 Å². The first-order valence-corrected chi connectivity index (χ1v) is 7.02. The molecule has 1 N–H and O–H groups in total. The molecule has 22 heavy (non-hydrogen) atoms. The summed E-state index contributed by atoms with van der Waals surface area (Å²) in [5.74, 6) is 1.34. The minimum Gasteiger partial charge on any atom is -0.497 e. The van der Waals surface area contributed by atoms with E-state index in [0.29, 0.717) is 19.0 Å². The fraction of sp³-hybridized carbons (Fsp3) is 0.250. The number of hydrogen-bond donors (Lipinski definition) is 1. The molecule has 3 rings (SSSR count). The van der Waals surface area contributed by atoms with Crippen molar-refractivity contribution in [1.82, 2.24) is 9.88 Å². The molecule has 0 saturated carbocycles. The number of nitrogens with zero attached hydrogens (tertiary/aromatic N) is 2. The average Bonchev–Trinajstić information content (AvgIpc) is 2.52. The van der Waals surface area contributed by atoms with Crippen LogP contribution in [0.3, 0.4) is 0 Å². The highest BCUT2D eigenvalue weighted by atomic mass is 16.5. The zero-order valence-electron chi connectivity index (χ0n) is 12.2. The number of carbonyl (C=O) groups is 1. The molecule has 1 aromatic heterocycles. The number of likely N-dealkylation sites (tertiary alicyclic amines) is 1. The summed E-state index contributed by atoms with van der Waals surface area (Å²) < 4.78 is 10.7. The van der Waals surface area contributed by atoms with Gasteiger partial charge in [0.15, 0.2) is 0 Å². The molecular formula is C16H17N3O3. The number of anilines is 1. The average molecular weight is 299 g/mol. The number of urea groups is 1. The molecule has 1 aliphatic rings. The number of rotatable bonds is 4. The summed E-state index contributed by atoms with van der Waals surface area (Å²) in [7, 11) is 1.61. The molecule has 1 aliphatic heterocycles. The van der Waals surface area contributed by atoms with E-state index in [9.17, 15) is 4.79 Å². The lowest BCUT2D eigenvalue weighted by Crippen LogP contribution is -2.57. The summed E-state index contributed by atoms with van der Waals surface area (Å²) in [6.07, 6.45) is 1.68. The highest BCUT2D eigenvalue weighted by Gasteiger charge is 2.32. The van der Waals surface area contributed by atoms with E-state index in [4.69, 9.17) is 9.47 Å². The van der Waals surface area contributed by atoms with Gasteiger partial charge in [0.25, 0.3) is 0 Å². The standard InChI is InChI=1S/C16H17N3O3/c1-21-13-7-5-12(6-8-13)18-16(20)19-10-14(11-19)22-15-4-2-3-9-17-15/h2-9,14H,10-11H2,1H3,(H,18,20). The third kappa shape index (κ3) is 3.28. The van der Waals surface area contributed by atoms with Crippen molar-refractivity contribution in [2.45, 2.75) is 6.10 Å². The molecular weight excluding hydrogens is 282 g/mol. The Balaban J connectivity index is 1.46. The molecule has 0 aliphatic carbocycles. The number of pyridine rings is 1. The minimum absolute atomic E-state index is 0.00322. The van der Waals surface area contributed by atoms with Crippen molar-refractivity contribution in [3.63, 3.8) is 0 Å². The second-order valence-corrected chi connectivity index (χ2v) is 4.97. The number of ether oxygens (including phenoxy) is 2. The van der Waals surface area contributed by atoms with E-state index in [2.05, 4.69) is 10.3 Å². The quantitative estimate of drug-likeness (QED) is 0.941. The van der Waals surface area contributed by atoms with Gasteiger partial charge in [-0.1, -0.05) is 6.07 Å². The first-order valence-electron chi connectivity index (χ1n) is 7.02. The van der Waals surface area contributed by atoms with Crippen LogP contribution in [-0.2, 0) is 0 Å². The molecule has 0 atom stereocenters. The normalized spacial score (nSPS) is 14.1. The third-order valence-corrected chi connectivity index (χ3v) is 3.40. The van der Waals surface area contributed by atoms with Crippen LogP contribution in [0.4, 0.5) is 10.5 Å². The van der Waals surface area contributed by atoms with Gasteiger partial charge in [0.1, 0.15) is 11.9 Å². The fourth-order valence-corrected chi connectivity index (χ4v) is 2.14. The Hall–Kier alpha value is -2.76. The Bertz CT molecular complexity index is 625. The Labute approximate surface area is 128 Å². The Morgan fingerprint density at radius 3 is 2.64 bits per heavy atom. The number of benzene rings is 1. The number of amides is 2. The lowest BCUT2D eigenvalue weighted by atomic mass is 10.2. The van der Waals surface area contributed by atoms with Crippen molar-refractivity contribution < 1.29 is 14.3 Å². The number of methoxy groups -OCH3 is 1. The third-order valence-electron chi connectivity index (χ3n) is 3.40. The highest BCUT2D eigenvalue weighted by molar-refractivity contribution is 5.90. The van der Waals surface area contributed by atoms with Crippen LogP contribution in [-0.4, -0.2) is 42.2 Å². The van der Waals surface area contributed by atoms with Gasteiger partial charge in [-0.15, -0.1) is 0 Å².